The van der Waals surface area contributed by atoms with Gasteiger partial charge in [0.1, 0.15) is 5.72 Å². The highest BCUT2D eigenvalue weighted by Gasteiger charge is 2.51. The third-order valence-electron chi connectivity index (χ3n) is 3.64. The molecule has 15 heavy (non-hydrogen) atoms. The van der Waals surface area contributed by atoms with E-state index in [1.807, 2.05) is 0 Å². The summed E-state index contributed by atoms with van der Waals surface area (Å²) < 4.78 is 6.18. The second-order valence-electron chi connectivity index (χ2n) is 5.72. The summed E-state index contributed by atoms with van der Waals surface area (Å²) >= 11 is 0. The third kappa shape index (κ3) is 1.94. The minimum Gasteiger partial charge on any atom is -0.358 e. The van der Waals surface area contributed by atoms with Crippen LogP contribution >= 0.6 is 0 Å². The predicted octanol–water partition coefficient (Wildman–Crippen LogP) is 3.12. The van der Waals surface area contributed by atoms with E-state index in [2.05, 4.69) is 53.4 Å². The van der Waals surface area contributed by atoms with Crippen molar-refractivity contribution in [2.24, 2.45) is 11.8 Å². The van der Waals surface area contributed by atoms with Crippen molar-refractivity contribution in [1.29, 1.82) is 0 Å². The van der Waals surface area contributed by atoms with Crippen molar-refractivity contribution >= 4 is 0 Å². The van der Waals surface area contributed by atoms with Crippen LogP contribution in [0.3, 0.4) is 0 Å². The van der Waals surface area contributed by atoms with E-state index >= 15 is 0 Å². The van der Waals surface area contributed by atoms with Gasteiger partial charge in [-0.3, -0.25) is 4.90 Å². The number of rotatable bonds is 3. The molecule has 0 aromatic carbocycles. The van der Waals surface area contributed by atoms with Gasteiger partial charge in [0.15, 0.2) is 0 Å². The fourth-order valence-electron chi connectivity index (χ4n) is 3.26. The number of hydrogen-bond acceptors (Lipinski definition) is 2. The minimum atomic E-state index is -0.0619. The molecule has 1 unspecified atom stereocenters. The second kappa shape index (κ2) is 4.42. The highest BCUT2D eigenvalue weighted by molar-refractivity contribution is 4.96. The summed E-state index contributed by atoms with van der Waals surface area (Å²) in [5.41, 5.74) is -0.0619. The first kappa shape index (κ1) is 13.0. The lowest BCUT2D eigenvalue weighted by molar-refractivity contribution is -0.161. The molecule has 1 saturated heterocycles. The molecule has 0 spiro atoms. The molecule has 0 aromatic heterocycles. The SMILES string of the molecule is CC(C)N1C(C)COC1(C(C)C)C(C)C. The van der Waals surface area contributed by atoms with Gasteiger partial charge >= 0.3 is 0 Å². The molecular formula is C13H27NO. The van der Waals surface area contributed by atoms with Crippen LogP contribution in [-0.4, -0.2) is 29.3 Å². The normalized spacial score (nSPS) is 27.2. The van der Waals surface area contributed by atoms with Crippen LogP contribution in [0.1, 0.15) is 48.5 Å². The average molecular weight is 213 g/mol. The van der Waals surface area contributed by atoms with Crippen LogP contribution in [-0.2, 0) is 4.74 Å². The maximum Gasteiger partial charge on any atom is 0.126 e. The van der Waals surface area contributed by atoms with E-state index in [9.17, 15) is 0 Å². The molecule has 0 radical (unpaired) electrons. The first-order chi connectivity index (χ1) is 6.84. The van der Waals surface area contributed by atoms with Gasteiger partial charge in [0.05, 0.1) is 6.61 Å². The Balaban J connectivity index is 3.06. The first-order valence-corrected chi connectivity index (χ1v) is 6.26. The zero-order valence-electron chi connectivity index (χ0n) is 11.4. The van der Waals surface area contributed by atoms with Crippen molar-refractivity contribution in [1.82, 2.24) is 4.90 Å². The summed E-state index contributed by atoms with van der Waals surface area (Å²) in [6, 6.07) is 1.09. The molecule has 1 atom stereocenters. The quantitative estimate of drug-likeness (QED) is 0.714. The van der Waals surface area contributed by atoms with E-state index < -0.39 is 0 Å². The fourth-order valence-corrected chi connectivity index (χ4v) is 3.26. The van der Waals surface area contributed by atoms with Gasteiger partial charge < -0.3 is 4.74 Å². The molecule has 2 heteroatoms. The Morgan fingerprint density at radius 3 is 1.80 bits per heavy atom. The Labute approximate surface area is 95.0 Å². The lowest BCUT2D eigenvalue weighted by Crippen LogP contribution is -2.57. The number of ether oxygens (including phenoxy) is 1. The van der Waals surface area contributed by atoms with Crippen molar-refractivity contribution in [3.05, 3.63) is 0 Å². The van der Waals surface area contributed by atoms with Gasteiger partial charge in [0, 0.05) is 12.1 Å². The highest BCUT2D eigenvalue weighted by Crippen LogP contribution is 2.41. The van der Waals surface area contributed by atoms with Gasteiger partial charge in [-0.05, 0) is 32.6 Å². The summed E-state index contributed by atoms with van der Waals surface area (Å²) in [6.45, 7) is 16.8. The van der Waals surface area contributed by atoms with E-state index in [4.69, 9.17) is 4.74 Å². The van der Waals surface area contributed by atoms with Gasteiger partial charge in [-0.25, -0.2) is 0 Å². The lowest BCUT2D eigenvalue weighted by Gasteiger charge is -2.47. The first-order valence-electron chi connectivity index (χ1n) is 6.26. The molecular weight excluding hydrogens is 186 g/mol. The van der Waals surface area contributed by atoms with E-state index in [0.717, 1.165) is 6.61 Å². The van der Waals surface area contributed by atoms with Crippen molar-refractivity contribution < 1.29 is 4.74 Å². The van der Waals surface area contributed by atoms with Gasteiger partial charge in [-0.15, -0.1) is 0 Å². The second-order valence-corrected chi connectivity index (χ2v) is 5.72. The lowest BCUT2D eigenvalue weighted by atomic mass is 9.86. The largest absolute Gasteiger partial charge is 0.358 e. The van der Waals surface area contributed by atoms with E-state index in [0.29, 0.717) is 23.9 Å². The number of nitrogens with zero attached hydrogens (tertiary/aromatic N) is 1. The molecule has 0 aromatic rings. The molecule has 1 aliphatic heterocycles. The summed E-state index contributed by atoms with van der Waals surface area (Å²) in [5.74, 6) is 1.06. The molecule has 1 fully saturated rings. The molecule has 1 aliphatic rings. The monoisotopic (exact) mass is 213 g/mol. The Hall–Kier alpha value is -0.0800. The molecule has 0 saturated carbocycles. The fraction of sp³-hybridized carbons (Fsp3) is 1.00. The number of hydrogen-bond donors (Lipinski definition) is 0. The highest BCUT2D eigenvalue weighted by atomic mass is 16.5. The van der Waals surface area contributed by atoms with E-state index in [1.165, 1.54) is 0 Å². The topological polar surface area (TPSA) is 12.5 Å². The van der Waals surface area contributed by atoms with Crippen LogP contribution in [0.5, 0.6) is 0 Å². The minimum absolute atomic E-state index is 0.0619. The van der Waals surface area contributed by atoms with Crippen LogP contribution in [0.25, 0.3) is 0 Å². The van der Waals surface area contributed by atoms with Crippen LogP contribution in [0.2, 0.25) is 0 Å². The molecule has 0 N–H and O–H groups in total. The molecule has 0 bridgehead atoms. The molecule has 1 heterocycles. The zero-order chi connectivity index (χ0) is 11.8. The van der Waals surface area contributed by atoms with Gasteiger partial charge in [0.25, 0.3) is 0 Å². The Bertz CT molecular complexity index is 203. The molecule has 90 valence electrons. The van der Waals surface area contributed by atoms with Gasteiger partial charge in [-0.2, -0.15) is 0 Å². The van der Waals surface area contributed by atoms with Crippen molar-refractivity contribution in [2.75, 3.05) is 6.61 Å². The Morgan fingerprint density at radius 1 is 1.07 bits per heavy atom. The van der Waals surface area contributed by atoms with Crippen molar-refractivity contribution in [3.8, 4) is 0 Å². The van der Waals surface area contributed by atoms with Gasteiger partial charge in [-0.1, -0.05) is 27.7 Å². The molecule has 1 rings (SSSR count). The molecule has 2 nitrogen and oxygen atoms in total. The molecule has 0 amide bonds. The summed E-state index contributed by atoms with van der Waals surface area (Å²) in [5, 5.41) is 0. The Morgan fingerprint density at radius 2 is 1.53 bits per heavy atom. The Kier molecular flexibility index (Phi) is 3.83. The maximum atomic E-state index is 6.18. The van der Waals surface area contributed by atoms with Crippen LogP contribution in [0.4, 0.5) is 0 Å². The summed E-state index contributed by atoms with van der Waals surface area (Å²) in [6.07, 6.45) is 0. The van der Waals surface area contributed by atoms with Crippen molar-refractivity contribution in [3.63, 3.8) is 0 Å². The predicted molar refractivity (Wildman–Crippen MR) is 64.8 cm³/mol. The molecule has 0 aliphatic carbocycles. The summed E-state index contributed by atoms with van der Waals surface area (Å²) in [4.78, 5) is 2.56. The van der Waals surface area contributed by atoms with Crippen LogP contribution < -0.4 is 0 Å². The van der Waals surface area contributed by atoms with Crippen LogP contribution in [0.15, 0.2) is 0 Å². The third-order valence-corrected chi connectivity index (χ3v) is 3.64. The average Bonchev–Trinajstić information content (AvgIpc) is 2.43. The summed E-state index contributed by atoms with van der Waals surface area (Å²) in [7, 11) is 0. The van der Waals surface area contributed by atoms with E-state index in [-0.39, 0.29) is 5.72 Å². The van der Waals surface area contributed by atoms with Crippen molar-refractivity contribution in [2.45, 2.75) is 66.3 Å². The standard InChI is InChI=1S/C13H27NO/c1-9(2)13(10(3)4)14(11(5)6)12(7)8-15-13/h9-12H,8H2,1-7H3. The van der Waals surface area contributed by atoms with Crippen LogP contribution in [0, 0.1) is 11.8 Å². The maximum absolute atomic E-state index is 6.18. The zero-order valence-corrected chi connectivity index (χ0v) is 11.4. The smallest absolute Gasteiger partial charge is 0.126 e. The van der Waals surface area contributed by atoms with E-state index in [1.54, 1.807) is 0 Å². The van der Waals surface area contributed by atoms with Gasteiger partial charge in [0.2, 0.25) is 0 Å².